The molecule has 1 rings (SSSR count). The summed E-state index contributed by atoms with van der Waals surface area (Å²) in [7, 11) is 3.80. The third kappa shape index (κ3) is 4.41. The molecule has 0 fully saturated rings. The predicted octanol–water partition coefficient (Wildman–Crippen LogP) is 2.31. The fraction of sp³-hybridized carbons (Fsp3) is 0.688. The minimum atomic E-state index is -0.00616. The van der Waals surface area contributed by atoms with Crippen LogP contribution in [-0.4, -0.2) is 48.0 Å². The van der Waals surface area contributed by atoms with Gasteiger partial charge in [0.25, 0.3) is 0 Å². The summed E-state index contributed by atoms with van der Waals surface area (Å²) in [5, 5.41) is 0. The van der Waals surface area contributed by atoms with E-state index in [1.807, 2.05) is 27.9 Å². The predicted molar refractivity (Wildman–Crippen MR) is 86.8 cm³/mol. The van der Waals surface area contributed by atoms with Crippen molar-refractivity contribution in [2.75, 3.05) is 32.1 Å². The number of aryl methyl sites for hydroxylation is 2. The first-order valence-electron chi connectivity index (χ1n) is 7.32. The largest absolute Gasteiger partial charge is 0.356 e. The molecule has 0 radical (unpaired) electrons. The number of rotatable bonds is 4. The highest BCUT2D eigenvalue weighted by atomic mass is 16.2. The minimum absolute atomic E-state index is 0.00616. The highest BCUT2D eigenvalue weighted by Gasteiger charge is 2.21. The Bertz CT molecular complexity index is 520. The lowest BCUT2D eigenvalue weighted by Gasteiger charge is -2.26. The molecule has 5 nitrogen and oxygen atoms in total. The van der Waals surface area contributed by atoms with Crippen molar-refractivity contribution < 1.29 is 4.79 Å². The van der Waals surface area contributed by atoms with E-state index >= 15 is 0 Å². The first kappa shape index (κ1) is 17.4. The molecular weight excluding hydrogens is 264 g/mol. The Labute approximate surface area is 128 Å². The standard InChI is InChI=1S/C16H28N4O/c1-11-14(16(4,5)6)17-12(2)15(18-11)20(8)10-9-19(7)13(3)21/h9-10H2,1-8H3. The highest BCUT2D eigenvalue weighted by molar-refractivity contribution is 5.72. The van der Waals surface area contributed by atoms with E-state index in [-0.39, 0.29) is 11.3 Å². The second kappa shape index (κ2) is 6.41. The van der Waals surface area contributed by atoms with Gasteiger partial charge < -0.3 is 9.80 Å². The Balaban J connectivity index is 2.94. The Morgan fingerprint density at radius 2 is 1.62 bits per heavy atom. The molecule has 1 aromatic rings. The zero-order valence-electron chi connectivity index (χ0n) is 14.6. The van der Waals surface area contributed by atoms with Crippen LogP contribution in [0.15, 0.2) is 0 Å². The lowest BCUT2D eigenvalue weighted by atomic mass is 9.90. The average Bonchev–Trinajstić information content (AvgIpc) is 2.36. The molecule has 0 aromatic carbocycles. The molecule has 0 N–H and O–H groups in total. The van der Waals surface area contributed by atoms with Gasteiger partial charge in [0.15, 0.2) is 0 Å². The Morgan fingerprint density at radius 1 is 1.05 bits per heavy atom. The van der Waals surface area contributed by atoms with Crippen LogP contribution in [0, 0.1) is 13.8 Å². The van der Waals surface area contributed by atoms with Crippen LogP contribution < -0.4 is 4.90 Å². The molecule has 0 aliphatic heterocycles. The van der Waals surface area contributed by atoms with E-state index in [1.165, 1.54) is 0 Å². The van der Waals surface area contributed by atoms with Crippen molar-refractivity contribution in [3.8, 4) is 0 Å². The summed E-state index contributed by atoms with van der Waals surface area (Å²) in [6.07, 6.45) is 0. The first-order valence-corrected chi connectivity index (χ1v) is 7.32. The molecule has 0 atom stereocenters. The number of nitrogens with zero attached hydrogens (tertiary/aromatic N) is 4. The van der Waals surface area contributed by atoms with Crippen LogP contribution in [0.3, 0.4) is 0 Å². The maximum atomic E-state index is 11.2. The Morgan fingerprint density at radius 3 is 2.10 bits per heavy atom. The van der Waals surface area contributed by atoms with Gasteiger partial charge in [-0.15, -0.1) is 0 Å². The van der Waals surface area contributed by atoms with Crippen LogP contribution in [0.25, 0.3) is 0 Å². The second-order valence-electron chi connectivity index (χ2n) is 6.68. The molecule has 21 heavy (non-hydrogen) atoms. The van der Waals surface area contributed by atoms with Crippen LogP contribution in [0.2, 0.25) is 0 Å². The molecule has 0 aliphatic carbocycles. The van der Waals surface area contributed by atoms with Crippen LogP contribution >= 0.6 is 0 Å². The lowest BCUT2D eigenvalue weighted by molar-refractivity contribution is -0.127. The maximum absolute atomic E-state index is 11.2. The quantitative estimate of drug-likeness (QED) is 0.854. The number of carbonyl (C=O) groups excluding carboxylic acids is 1. The van der Waals surface area contributed by atoms with Gasteiger partial charge in [-0.3, -0.25) is 9.78 Å². The van der Waals surface area contributed by atoms with Crippen LogP contribution in [0.5, 0.6) is 0 Å². The van der Waals surface area contributed by atoms with Gasteiger partial charge in [0.1, 0.15) is 5.82 Å². The molecule has 0 spiro atoms. The van der Waals surface area contributed by atoms with Gasteiger partial charge in [-0.1, -0.05) is 20.8 Å². The fourth-order valence-corrected chi connectivity index (χ4v) is 2.23. The van der Waals surface area contributed by atoms with E-state index in [0.29, 0.717) is 6.54 Å². The van der Waals surface area contributed by atoms with Crippen LogP contribution in [-0.2, 0) is 10.2 Å². The van der Waals surface area contributed by atoms with Crippen LogP contribution in [0.4, 0.5) is 5.82 Å². The number of hydrogen-bond donors (Lipinski definition) is 0. The van der Waals surface area contributed by atoms with Crippen molar-refractivity contribution >= 4 is 11.7 Å². The summed E-state index contributed by atoms with van der Waals surface area (Å²) in [6, 6.07) is 0. The smallest absolute Gasteiger partial charge is 0.219 e. The normalized spacial score (nSPS) is 11.4. The van der Waals surface area contributed by atoms with Crippen molar-refractivity contribution in [3.63, 3.8) is 0 Å². The first-order chi connectivity index (χ1) is 9.54. The molecule has 5 heteroatoms. The Hall–Kier alpha value is -1.65. The molecule has 1 amide bonds. The summed E-state index contributed by atoms with van der Waals surface area (Å²) < 4.78 is 0. The summed E-state index contributed by atoms with van der Waals surface area (Å²) in [6.45, 7) is 13.4. The van der Waals surface area contributed by atoms with Crippen molar-refractivity contribution in [3.05, 3.63) is 17.1 Å². The summed E-state index contributed by atoms with van der Waals surface area (Å²) >= 11 is 0. The lowest BCUT2D eigenvalue weighted by Crippen LogP contribution is -2.34. The number of amides is 1. The van der Waals surface area contributed by atoms with Gasteiger partial charge in [0.05, 0.1) is 17.1 Å². The maximum Gasteiger partial charge on any atom is 0.219 e. The van der Waals surface area contributed by atoms with Gasteiger partial charge in [0, 0.05) is 39.5 Å². The van der Waals surface area contributed by atoms with Gasteiger partial charge in [-0.2, -0.15) is 0 Å². The van der Waals surface area contributed by atoms with E-state index < -0.39 is 0 Å². The summed E-state index contributed by atoms with van der Waals surface area (Å²) in [5.74, 6) is 0.961. The number of carbonyl (C=O) groups is 1. The Kier molecular flexibility index (Phi) is 5.31. The molecule has 1 heterocycles. The molecule has 1 aromatic heterocycles. The summed E-state index contributed by atoms with van der Waals surface area (Å²) in [4.78, 5) is 24.5. The third-order valence-electron chi connectivity index (χ3n) is 3.60. The average molecular weight is 292 g/mol. The minimum Gasteiger partial charge on any atom is -0.356 e. The number of hydrogen-bond acceptors (Lipinski definition) is 4. The number of aromatic nitrogens is 2. The zero-order valence-corrected chi connectivity index (χ0v) is 14.6. The number of likely N-dealkylation sites (N-methyl/N-ethyl adjacent to an activating group) is 2. The van der Waals surface area contributed by atoms with Gasteiger partial charge in [0.2, 0.25) is 5.91 Å². The van der Waals surface area contributed by atoms with E-state index in [2.05, 4.69) is 25.7 Å². The van der Waals surface area contributed by atoms with Gasteiger partial charge in [-0.05, 0) is 13.8 Å². The molecule has 0 unspecified atom stereocenters. The van der Waals surface area contributed by atoms with Crippen LogP contribution in [0.1, 0.15) is 44.8 Å². The van der Waals surface area contributed by atoms with Crippen molar-refractivity contribution in [2.24, 2.45) is 0 Å². The molecule has 0 saturated carbocycles. The summed E-state index contributed by atoms with van der Waals surface area (Å²) in [5.41, 5.74) is 2.93. The number of anilines is 1. The molecule has 0 bridgehead atoms. The third-order valence-corrected chi connectivity index (χ3v) is 3.60. The highest BCUT2D eigenvalue weighted by Crippen LogP contribution is 2.25. The fourth-order valence-electron chi connectivity index (χ4n) is 2.23. The van der Waals surface area contributed by atoms with E-state index in [1.54, 1.807) is 11.8 Å². The van der Waals surface area contributed by atoms with Crippen molar-refractivity contribution in [2.45, 2.75) is 47.0 Å². The second-order valence-corrected chi connectivity index (χ2v) is 6.68. The van der Waals surface area contributed by atoms with Gasteiger partial charge in [-0.25, -0.2) is 4.98 Å². The molecule has 0 aliphatic rings. The van der Waals surface area contributed by atoms with Gasteiger partial charge >= 0.3 is 0 Å². The molecular formula is C16H28N4O. The topological polar surface area (TPSA) is 49.3 Å². The SMILES string of the molecule is CC(=O)N(C)CCN(C)c1nc(C)c(C(C)(C)C)nc1C. The molecule has 118 valence electrons. The molecule has 0 saturated heterocycles. The van der Waals surface area contributed by atoms with E-state index in [9.17, 15) is 4.79 Å². The van der Waals surface area contributed by atoms with E-state index in [0.717, 1.165) is 29.4 Å². The monoisotopic (exact) mass is 292 g/mol. The van der Waals surface area contributed by atoms with Crippen molar-refractivity contribution in [1.29, 1.82) is 0 Å². The van der Waals surface area contributed by atoms with Crippen molar-refractivity contribution in [1.82, 2.24) is 14.9 Å². The zero-order chi connectivity index (χ0) is 16.4. The van der Waals surface area contributed by atoms with E-state index in [4.69, 9.17) is 9.97 Å².